The van der Waals surface area contributed by atoms with Crippen molar-refractivity contribution in [1.29, 1.82) is 0 Å². The molecule has 0 spiro atoms. The van der Waals surface area contributed by atoms with Gasteiger partial charge in [-0.05, 0) is 54.3 Å². The second-order valence-corrected chi connectivity index (χ2v) is 9.38. The minimum Gasteiger partial charge on any atom is -0.292 e. The van der Waals surface area contributed by atoms with Crippen LogP contribution in [-0.2, 0) is 6.54 Å². The van der Waals surface area contributed by atoms with Crippen LogP contribution in [0.3, 0.4) is 0 Å². The fourth-order valence-corrected chi connectivity index (χ4v) is 5.11. The number of fused-ring (bicyclic) bond motifs is 2. The zero-order valence-corrected chi connectivity index (χ0v) is 19.0. The van der Waals surface area contributed by atoms with Gasteiger partial charge in [0.15, 0.2) is 5.78 Å². The van der Waals surface area contributed by atoms with Gasteiger partial charge in [0, 0.05) is 16.0 Å². The van der Waals surface area contributed by atoms with Gasteiger partial charge >= 0.3 is 0 Å². The molecule has 0 aliphatic heterocycles. The number of ketones is 1. The van der Waals surface area contributed by atoms with Crippen LogP contribution < -0.4 is 5.56 Å². The number of hydrogen-bond donors (Lipinski definition) is 0. The smallest absolute Gasteiger partial charge is 0.263 e. The number of Topliss-reactive ketones (excluding diaryl/α,β-unsaturated/α-hetero) is 1. The van der Waals surface area contributed by atoms with Gasteiger partial charge in [0.25, 0.3) is 5.56 Å². The van der Waals surface area contributed by atoms with E-state index < -0.39 is 0 Å². The molecular formula is C27H22N2O2S. The molecule has 0 aliphatic carbocycles. The summed E-state index contributed by atoms with van der Waals surface area (Å²) in [5, 5.41) is 2.67. The van der Waals surface area contributed by atoms with Crippen molar-refractivity contribution in [1.82, 2.24) is 9.55 Å². The highest BCUT2D eigenvalue weighted by Gasteiger charge is 2.18. The summed E-state index contributed by atoms with van der Waals surface area (Å²) >= 11 is 1.51. The van der Waals surface area contributed by atoms with E-state index in [2.05, 4.69) is 31.0 Å². The largest absolute Gasteiger partial charge is 0.292 e. The lowest BCUT2D eigenvalue weighted by Crippen LogP contribution is -2.24. The molecule has 32 heavy (non-hydrogen) atoms. The van der Waals surface area contributed by atoms with Crippen LogP contribution in [-0.4, -0.2) is 15.3 Å². The van der Waals surface area contributed by atoms with Crippen molar-refractivity contribution < 1.29 is 4.79 Å². The number of nitrogens with zero attached hydrogens (tertiary/aromatic N) is 2. The third-order valence-electron chi connectivity index (χ3n) is 6.04. The van der Waals surface area contributed by atoms with Crippen molar-refractivity contribution >= 4 is 38.1 Å². The van der Waals surface area contributed by atoms with Crippen LogP contribution >= 0.6 is 11.3 Å². The van der Waals surface area contributed by atoms with Crippen LogP contribution in [0, 0.1) is 20.8 Å². The Kier molecular flexibility index (Phi) is 4.98. The van der Waals surface area contributed by atoms with Gasteiger partial charge in [-0.2, -0.15) is 0 Å². The molecule has 0 bridgehead atoms. The topological polar surface area (TPSA) is 52.0 Å². The van der Waals surface area contributed by atoms with Crippen LogP contribution in [0.25, 0.3) is 32.1 Å². The summed E-state index contributed by atoms with van der Waals surface area (Å²) in [7, 11) is 0. The Bertz CT molecular complexity index is 1580. The summed E-state index contributed by atoms with van der Waals surface area (Å²) in [5.41, 5.74) is 4.72. The Labute approximate surface area is 189 Å². The lowest BCUT2D eigenvalue weighted by atomic mass is 9.99. The molecule has 5 aromatic rings. The van der Waals surface area contributed by atoms with Crippen LogP contribution in [0.1, 0.15) is 26.4 Å². The van der Waals surface area contributed by atoms with Crippen LogP contribution in [0.15, 0.2) is 71.8 Å². The molecule has 5 heteroatoms. The number of carbonyl (C=O) groups is 1. The molecule has 0 unspecified atom stereocenters. The molecule has 0 amide bonds. The van der Waals surface area contributed by atoms with Gasteiger partial charge in [-0.25, -0.2) is 4.98 Å². The lowest BCUT2D eigenvalue weighted by Gasteiger charge is -2.08. The molecule has 0 aliphatic rings. The van der Waals surface area contributed by atoms with E-state index in [0.717, 1.165) is 26.8 Å². The van der Waals surface area contributed by atoms with Gasteiger partial charge in [0.1, 0.15) is 4.83 Å². The minimum absolute atomic E-state index is 0.0403. The predicted octanol–water partition coefficient (Wildman–Crippen LogP) is 6.09. The van der Waals surface area contributed by atoms with Gasteiger partial charge in [0.05, 0.1) is 18.3 Å². The maximum Gasteiger partial charge on any atom is 0.263 e. The number of aromatic nitrogens is 2. The summed E-state index contributed by atoms with van der Waals surface area (Å²) in [6.45, 7) is 6.12. The number of hydrogen-bond acceptors (Lipinski definition) is 4. The van der Waals surface area contributed by atoms with Gasteiger partial charge in [0.2, 0.25) is 0 Å². The molecule has 4 nitrogen and oxygen atoms in total. The summed E-state index contributed by atoms with van der Waals surface area (Å²) in [4.78, 5) is 32.7. The molecular weight excluding hydrogens is 416 g/mol. The summed E-state index contributed by atoms with van der Waals surface area (Å²) in [5.74, 6) is -0.112. The van der Waals surface area contributed by atoms with Gasteiger partial charge in [-0.1, -0.05) is 54.6 Å². The number of benzene rings is 3. The van der Waals surface area contributed by atoms with Crippen LogP contribution in [0.2, 0.25) is 0 Å². The molecule has 0 radical (unpaired) electrons. The van der Waals surface area contributed by atoms with E-state index in [0.29, 0.717) is 15.8 Å². The van der Waals surface area contributed by atoms with Gasteiger partial charge in [-0.3, -0.25) is 14.2 Å². The van der Waals surface area contributed by atoms with E-state index in [4.69, 9.17) is 0 Å². The van der Waals surface area contributed by atoms with Crippen molar-refractivity contribution in [3.8, 4) is 11.1 Å². The predicted molar refractivity (Wildman–Crippen MR) is 132 cm³/mol. The highest BCUT2D eigenvalue weighted by Crippen LogP contribution is 2.36. The highest BCUT2D eigenvalue weighted by molar-refractivity contribution is 7.19. The van der Waals surface area contributed by atoms with Crippen molar-refractivity contribution in [2.24, 2.45) is 0 Å². The summed E-state index contributed by atoms with van der Waals surface area (Å²) in [6.07, 6.45) is 1.49. The maximum absolute atomic E-state index is 13.4. The van der Waals surface area contributed by atoms with E-state index in [9.17, 15) is 9.59 Å². The van der Waals surface area contributed by atoms with E-state index in [1.54, 1.807) is 0 Å². The number of carbonyl (C=O) groups excluding carboxylic acids is 1. The first-order valence-electron chi connectivity index (χ1n) is 10.5. The molecule has 158 valence electrons. The Hall–Kier alpha value is -3.57. The quantitative estimate of drug-likeness (QED) is 0.319. The fourth-order valence-electron chi connectivity index (χ4n) is 4.10. The Morgan fingerprint density at radius 1 is 0.938 bits per heavy atom. The molecule has 2 heterocycles. The zero-order valence-electron chi connectivity index (χ0n) is 18.2. The number of aryl methyl sites for hydroxylation is 3. The first kappa shape index (κ1) is 20.3. The molecule has 5 rings (SSSR count). The van der Waals surface area contributed by atoms with Crippen LogP contribution in [0.4, 0.5) is 0 Å². The minimum atomic E-state index is -0.179. The third-order valence-corrected chi connectivity index (χ3v) is 7.05. The second-order valence-electron chi connectivity index (χ2n) is 8.18. The molecule has 0 N–H and O–H groups in total. The Morgan fingerprint density at radius 2 is 1.72 bits per heavy atom. The number of thiophene rings is 1. The molecule has 0 fully saturated rings. The molecule has 2 aromatic heterocycles. The SMILES string of the molecule is Cc1ccc(-c2c(C)sc3ncn(CC(=O)c4ccc5ccccc5c4)c(=O)c23)cc1C. The van der Waals surface area contributed by atoms with Crippen molar-refractivity contribution in [3.63, 3.8) is 0 Å². The number of rotatable bonds is 4. The van der Waals surface area contributed by atoms with E-state index in [-0.39, 0.29) is 17.9 Å². The first-order chi connectivity index (χ1) is 15.4. The third kappa shape index (κ3) is 3.45. The lowest BCUT2D eigenvalue weighted by molar-refractivity contribution is 0.0971. The van der Waals surface area contributed by atoms with Crippen molar-refractivity contribution in [2.45, 2.75) is 27.3 Å². The molecule has 0 saturated heterocycles. The van der Waals surface area contributed by atoms with Crippen molar-refractivity contribution in [2.75, 3.05) is 0 Å². The molecule has 0 saturated carbocycles. The average molecular weight is 439 g/mol. The molecule has 0 atom stereocenters. The zero-order chi connectivity index (χ0) is 22.4. The fraction of sp³-hybridized carbons (Fsp3) is 0.148. The highest BCUT2D eigenvalue weighted by atomic mass is 32.1. The van der Waals surface area contributed by atoms with Crippen molar-refractivity contribution in [3.05, 3.63) is 98.9 Å². The van der Waals surface area contributed by atoms with E-state index in [1.807, 2.05) is 55.5 Å². The Balaban J connectivity index is 1.57. The standard InChI is InChI=1S/C27H22N2O2S/c1-16-8-9-22(12-17(16)2)24-18(3)32-26-25(24)27(31)29(15-28-26)14-23(30)21-11-10-19-6-4-5-7-20(19)13-21/h4-13,15H,14H2,1-3H3. The molecule has 3 aromatic carbocycles. The second kappa shape index (κ2) is 7.84. The average Bonchev–Trinajstić information content (AvgIpc) is 3.14. The normalized spacial score (nSPS) is 11.3. The van der Waals surface area contributed by atoms with Crippen LogP contribution in [0.5, 0.6) is 0 Å². The summed E-state index contributed by atoms with van der Waals surface area (Å²) < 4.78 is 1.43. The summed E-state index contributed by atoms with van der Waals surface area (Å²) in [6, 6.07) is 19.8. The first-order valence-corrected chi connectivity index (χ1v) is 11.3. The van der Waals surface area contributed by atoms with E-state index in [1.165, 1.54) is 33.4 Å². The monoisotopic (exact) mass is 438 g/mol. The maximum atomic E-state index is 13.4. The van der Waals surface area contributed by atoms with Gasteiger partial charge in [-0.15, -0.1) is 11.3 Å². The Morgan fingerprint density at radius 3 is 2.50 bits per heavy atom. The van der Waals surface area contributed by atoms with Gasteiger partial charge < -0.3 is 0 Å². The van der Waals surface area contributed by atoms with E-state index >= 15 is 0 Å².